The van der Waals surface area contributed by atoms with Crippen LogP contribution in [0.5, 0.6) is 5.75 Å². The summed E-state index contributed by atoms with van der Waals surface area (Å²) in [5.74, 6) is 0.691. The maximum atomic E-state index is 12.6. The average Bonchev–Trinajstić information content (AvgIpc) is 3.21. The lowest BCUT2D eigenvalue weighted by Crippen LogP contribution is -2.32. The molecule has 0 unspecified atom stereocenters. The van der Waals surface area contributed by atoms with Crippen LogP contribution in [0.3, 0.4) is 0 Å². The first-order valence-corrected chi connectivity index (χ1v) is 8.62. The molecule has 5 nitrogen and oxygen atoms in total. The van der Waals surface area contributed by atoms with Crippen molar-refractivity contribution in [2.75, 3.05) is 13.1 Å². The number of ether oxygens (including phenoxy) is 1. The summed E-state index contributed by atoms with van der Waals surface area (Å²) >= 11 is 0. The Morgan fingerprint density at radius 2 is 1.82 bits per heavy atom. The minimum atomic E-state index is -3.65. The van der Waals surface area contributed by atoms with E-state index in [-0.39, 0.29) is 22.6 Å². The lowest BCUT2D eigenvalue weighted by Gasteiger charge is -2.16. The molecule has 0 bridgehead atoms. The van der Waals surface area contributed by atoms with E-state index in [9.17, 15) is 17.2 Å². The molecular formula is C14H18F2N2O3S. The number of halogens is 2. The highest BCUT2D eigenvalue weighted by Crippen LogP contribution is 2.41. The predicted octanol–water partition coefficient (Wildman–Crippen LogP) is 1.65. The summed E-state index contributed by atoms with van der Waals surface area (Å²) in [4.78, 5) is 0.0674. The number of sulfonamides is 1. The highest BCUT2D eigenvalue weighted by atomic mass is 32.2. The molecule has 1 heterocycles. The smallest absolute Gasteiger partial charge is 0.387 e. The second-order valence-corrected chi connectivity index (χ2v) is 7.78. The first kappa shape index (κ1) is 15.6. The summed E-state index contributed by atoms with van der Waals surface area (Å²) in [7, 11) is -3.65. The van der Waals surface area contributed by atoms with Gasteiger partial charge in [0.1, 0.15) is 5.75 Å². The SMILES string of the molecule is N[C@H]1CN(S(=O)(=O)c2ccc(OC(F)F)cc2)C[C@@H]1C1CC1. The second-order valence-electron chi connectivity index (χ2n) is 5.84. The molecule has 2 fully saturated rings. The van der Waals surface area contributed by atoms with Gasteiger partial charge in [-0.3, -0.25) is 0 Å². The Morgan fingerprint density at radius 1 is 1.18 bits per heavy atom. The molecule has 1 aliphatic heterocycles. The number of alkyl halides is 2. The van der Waals surface area contributed by atoms with Gasteiger partial charge in [0.15, 0.2) is 0 Å². The minimum Gasteiger partial charge on any atom is -0.435 e. The van der Waals surface area contributed by atoms with Gasteiger partial charge in [-0.15, -0.1) is 0 Å². The molecule has 8 heteroatoms. The Labute approximate surface area is 128 Å². The van der Waals surface area contributed by atoms with Gasteiger partial charge >= 0.3 is 6.61 Å². The molecule has 1 saturated heterocycles. The first-order valence-electron chi connectivity index (χ1n) is 7.18. The fraction of sp³-hybridized carbons (Fsp3) is 0.571. The molecule has 3 rings (SSSR count). The van der Waals surface area contributed by atoms with Gasteiger partial charge in [-0.05, 0) is 48.9 Å². The van der Waals surface area contributed by atoms with E-state index in [1.807, 2.05) is 0 Å². The summed E-state index contributed by atoms with van der Waals surface area (Å²) in [5.41, 5.74) is 6.05. The van der Waals surface area contributed by atoms with E-state index in [0.717, 1.165) is 12.8 Å². The zero-order valence-electron chi connectivity index (χ0n) is 11.9. The van der Waals surface area contributed by atoms with E-state index in [2.05, 4.69) is 4.74 Å². The van der Waals surface area contributed by atoms with Gasteiger partial charge in [0.25, 0.3) is 0 Å². The number of nitrogens with zero attached hydrogens (tertiary/aromatic N) is 1. The number of hydrogen-bond donors (Lipinski definition) is 1. The highest BCUT2D eigenvalue weighted by molar-refractivity contribution is 7.89. The molecular weight excluding hydrogens is 314 g/mol. The third-order valence-corrected chi connectivity index (χ3v) is 6.14. The zero-order chi connectivity index (χ0) is 15.9. The number of hydrogen-bond acceptors (Lipinski definition) is 4. The number of benzene rings is 1. The first-order chi connectivity index (χ1) is 10.4. The van der Waals surface area contributed by atoms with E-state index in [1.54, 1.807) is 0 Å². The van der Waals surface area contributed by atoms with E-state index in [4.69, 9.17) is 5.73 Å². The van der Waals surface area contributed by atoms with Crippen molar-refractivity contribution >= 4 is 10.0 Å². The maximum Gasteiger partial charge on any atom is 0.387 e. The van der Waals surface area contributed by atoms with E-state index in [0.29, 0.717) is 19.0 Å². The summed E-state index contributed by atoms with van der Waals surface area (Å²) in [5, 5.41) is 0. The molecule has 1 aromatic carbocycles. The van der Waals surface area contributed by atoms with Gasteiger partial charge < -0.3 is 10.5 Å². The maximum absolute atomic E-state index is 12.6. The van der Waals surface area contributed by atoms with E-state index < -0.39 is 16.6 Å². The van der Waals surface area contributed by atoms with Crippen molar-refractivity contribution in [1.29, 1.82) is 0 Å². The highest BCUT2D eigenvalue weighted by Gasteiger charge is 2.44. The van der Waals surface area contributed by atoms with E-state index >= 15 is 0 Å². The predicted molar refractivity (Wildman–Crippen MR) is 76.0 cm³/mol. The van der Waals surface area contributed by atoms with Crippen LogP contribution in [0.25, 0.3) is 0 Å². The summed E-state index contributed by atoms with van der Waals surface area (Å²) in [6, 6.07) is 4.89. The van der Waals surface area contributed by atoms with Gasteiger partial charge in [-0.2, -0.15) is 13.1 Å². The van der Waals surface area contributed by atoms with E-state index in [1.165, 1.54) is 28.6 Å². The second kappa shape index (κ2) is 5.75. The lowest BCUT2D eigenvalue weighted by atomic mass is 9.99. The number of nitrogens with two attached hydrogens (primary N) is 1. The van der Waals surface area contributed by atoms with Gasteiger partial charge in [-0.1, -0.05) is 0 Å². The Bertz CT molecular complexity index is 632. The average molecular weight is 332 g/mol. The normalized spacial score (nSPS) is 26.5. The molecule has 1 aromatic rings. The molecule has 2 N–H and O–H groups in total. The Morgan fingerprint density at radius 3 is 2.36 bits per heavy atom. The minimum absolute atomic E-state index is 0.0667. The topological polar surface area (TPSA) is 72.6 Å². The van der Waals surface area contributed by atoms with Crippen molar-refractivity contribution in [1.82, 2.24) is 4.31 Å². The molecule has 0 radical (unpaired) electrons. The van der Waals surface area contributed by atoms with Crippen molar-refractivity contribution < 1.29 is 21.9 Å². The van der Waals surface area contributed by atoms with Gasteiger partial charge in [0.05, 0.1) is 4.90 Å². The molecule has 22 heavy (non-hydrogen) atoms. The zero-order valence-corrected chi connectivity index (χ0v) is 12.7. The molecule has 2 aliphatic rings. The van der Waals surface area contributed by atoms with Crippen LogP contribution in [-0.2, 0) is 10.0 Å². The Hall–Kier alpha value is -1.25. The fourth-order valence-electron chi connectivity index (χ4n) is 2.98. The Kier molecular flexibility index (Phi) is 4.09. The molecule has 0 aromatic heterocycles. The van der Waals surface area contributed by atoms with Crippen LogP contribution >= 0.6 is 0 Å². The van der Waals surface area contributed by atoms with Crippen LogP contribution in [0.1, 0.15) is 12.8 Å². The van der Waals surface area contributed by atoms with Crippen molar-refractivity contribution in [3.63, 3.8) is 0 Å². The van der Waals surface area contributed by atoms with Crippen LogP contribution < -0.4 is 10.5 Å². The standard InChI is InChI=1S/C14H18F2N2O3S/c15-14(16)21-10-3-5-11(6-4-10)22(19,20)18-7-12(9-1-2-9)13(17)8-18/h3-6,9,12-14H,1-2,7-8,17H2/t12-,13+/m1/s1. The van der Waals surface area contributed by atoms with Crippen LogP contribution in [0.4, 0.5) is 8.78 Å². The van der Waals surface area contributed by atoms with Gasteiger partial charge in [-0.25, -0.2) is 8.42 Å². The van der Waals surface area contributed by atoms with Crippen molar-refractivity contribution in [3.8, 4) is 5.75 Å². The summed E-state index contributed by atoms with van der Waals surface area (Å²) in [6.07, 6.45) is 2.23. The summed E-state index contributed by atoms with van der Waals surface area (Å²) in [6.45, 7) is -2.19. The quantitative estimate of drug-likeness (QED) is 0.890. The third kappa shape index (κ3) is 3.09. The van der Waals surface area contributed by atoms with Crippen LogP contribution in [0, 0.1) is 11.8 Å². The molecule has 0 spiro atoms. The van der Waals surface area contributed by atoms with Crippen molar-refractivity contribution in [2.45, 2.75) is 30.4 Å². The molecule has 0 amide bonds. The molecule has 1 aliphatic carbocycles. The van der Waals surface area contributed by atoms with Gasteiger partial charge in [0, 0.05) is 19.1 Å². The van der Waals surface area contributed by atoms with Crippen LogP contribution in [0.2, 0.25) is 0 Å². The molecule has 122 valence electrons. The number of rotatable bonds is 5. The third-order valence-electron chi connectivity index (χ3n) is 4.29. The lowest BCUT2D eigenvalue weighted by molar-refractivity contribution is -0.0498. The van der Waals surface area contributed by atoms with Crippen LogP contribution in [0.15, 0.2) is 29.2 Å². The monoisotopic (exact) mass is 332 g/mol. The van der Waals surface area contributed by atoms with Crippen molar-refractivity contribution in [2.24, 2.45) is 17.6 Å². The molecule has 1 saturated carbocycles. The van der Waals surface area contributed by atoms with Crippen LogP contribution in [-0.4, -0.2) is 38.5 Å². The molecule has 2 atom stereocenters. The Balaban J connectivity index is 1.75. The van der Waals surface area contributed by atoms with Crippen molar-refractivity contribution in [3.05, 3.63) is 24.3 Å². The largest absolute Gasteiger partial charge is 0.435 e. The van der Waals surface area contributed by atoms with Gasteiger partial charge in [0.2, 0.25) is 10.0 Å². The fourth-order valence-corrected chi connectivity index (χ4v) is 4.49. The summed E-state index contributed by atoms with van der Waals surface area (Å²) < 4.78 is 55.0.